The van der Waals surface area contributed by atoms with Gasteiger partial charge in [-0.25, -0.2) is 0 Å². The third kappa shape index (κ3) is 5.70. The summed E-state index contributed by atoms with van der Waals surface area (Å²) < 4.78 is 1.95. The van der Waals surface area contributed by atoms with Crippen LogP contribution < -0.4 is 10.6 Å². The molecule has 2 N–H and O–H groups in total. The minimum absolute atomic E-state index is 0. The topological polar surface area (TPSA) is 57.5 Å². The Morgan fingerprint density at radius 2 is 2.04 bits per heavy atom. The smallest absolute Gasteiger partial charge is 0.191 e. The van der Waals surface area contributed by atoms with Crippen LogP contribution in [0, 0.1) is 0 Å². The Balaban J connectivity index is 0.00000243. The van der Waals surface area contributed by atoms with Crippen LogP contribution in [-0.2, 0) is 13.1 Å². The minimum atomic E-state index is 0. The van der Waals surface area contributed by atoms with E-state index in [4.69, 9.17) is 0 Å². The maximum absolute atomic E-state index is 4.35. The summed E-state index contributed by atoms with van der Waals surface area (Å²) in [5.74, 6) is 0.856. The van der Waals surface area contributed by atoms with E-state index in [0.29, 0.717) is 6.04 Å². The van der Waals surface area contributed by atoms with E-state index < -0.39 is 0 Å². The average molecular weight is 468 g/mol. The van der Waals surface area contributed by atoms with Crippen molar-refractivity contribution >= 4 is 29.9 Å². The molecular formula is C19H29IN6. The second-order valence-corrected chi connectivity index (χ2v) is 6.56. The summed E-state index contributed by atoms with van der Waals surface area (Å²) in [6.45, 7) is 3.66. The second-order valence-electron chi connectivity index (χ2n) is 6.56. The van der Waals surface area contributed by atoms with Gasteiger partial charge >= 0.3 is 0 Å². The van der Waals surface area contributed by atoms with Crippen LogP contribution in [0.25, 0.3) is 0 Å². The Hall–Kier alpha value is -1.61. The van der Waals surface area contributed by atoms with Crippen molar-refractivity contribution in [3.8, 4) is 0 Å². The Morgan fingerprint density at radius 1 is 1.23 bits per heavy atom. The molecule has 1 aromatic carbocycles. The standard InChI is InChI=1S/C19H28N6.HI/c1-20-19(22-14-18-9-5-11-24(18)2)21-13-16-7-3-4-8-17(16)15-25-12-6-10-23-25;/h3-4,6-8,10,12,18H,5,9,11,13-15H2,1-2H3,(H2,20,21,22);1H. The van der Waals surface area contributed by atoms with Crippen molar-refractivity contribution in [1.29, 1.82) is 0 Å². The average Bonchev–Trinajstić information content (AvgIpc) is 3.28. The first-order chi connectivity index (χ1) is 12.3. The van der Waals surface area contributed by atoms with E-state index in [2.05, 4.69) is 56.9 Å². The molecule has 2 aromatic rings. The van der Waals surface area contributed by atoms with E-state index in [1.807, 2.05) is 30.2 Å². The molecule has 1 unspecified atom stereocenters. The molecule has 1 atom stereocenters. The highest BCUT2D eigenvalue weighted by Gasteiger charge is 2.20. The largest absolute Gasteiger partial charge is 0.355 e. The molecule has 2 heterocycles. The predicted octanol–water partition coefficient (Wildman–Crippen LogP) is 2.31. The predicted molar refractivity (Wildman–Crippen MR) is 117 cm³/mol. The Kier molecular flexibility index (Phi) is 8.37. The Morgan fingerprint density at radius 3 is 2.69 bits per heavy atom. The lowest BCUT2D eigenvalue weighted by molar-refractivity contribution is 0.309. The molecule has 0 amide bonds. The number of aliphatic imine (C=N–C) groups is 1. The highest BCUT2D eigenvalue weighted by atomic mass is 127. The number of likely N-dealkylation sites (tertiary alicyclic amines) is 1. The van der Waals surface area contributed by atoms with E-state index in [9.17, 15) is 0 Å². The molecule has 0 spiro atoms. The van der Waals surface area contributed by atoms with Crippen molar-refractivity contribution < 1.29 is 0 Å². The number of halogens is 1. The maximum atomic E-state index is 4.35. The summed E-state index contributed by atoms with van der Waals surface area (Å²) in [7, 11) is 4.02. The van der Waals surface area contributed by atoms with Gasteiger partial charge in [0.15, 0.2) is 5.96 Å². The zero-order valence-corrected chi connectivity index (χ0v) is 17.9. The Labute approximate surface area is 173 Å². The molecule has 0 aliphatic carbocycles. The molecule has 26 heavy (non-hydrogen) atoms. The normalized spacial score (nSPS) is 17.8. The van der Waals surface area contributed by atoms with Crippen molar-refractivity contribution in [2.75, 3.05) is 27.2 Å². The minimum Gasteiger partial charge on any atom is -0.355 e. The van der Waals surface area contributed by atoms with Gasteiger partial charge in [0.05, 0.1) is 6.54 Å². The number of nitrogens with zero attached hydrogens (tertiary/aromatic N) is 4. The SMILES string of the molecule is CN=C(NCc1ccccc1Cn1cccn1)NCC1CCCN1C.I. The lowest BCUT2D eigenvalue weighted by Crippen LogP contribution is -2.43. The number of hydrogen-bond donors (Lipinski definition) is 2. The highest BCUT2D eigenvalue weighted by molar-refractivity contribution is 14.0. The number of nitrogens with one attached hydrogen (secondary N) is 2. The quantitative estimate of drug-likeness (QED) is 0.388. The van der Waals surface area contributed by atoms with Gasteiger partial charge in [0.2, 0.25) is 0 Å². The number of rotatable bonds is 6. The van der Waals surface area contributed by atoms with E-state index in [1.54, 1.807) is 0 Å². The van der Waals surface area contributed by atoms with E-state index in [-0.39, 0.29) is 24.0 Å². The molecule has 1 fully saturated rings. The van der Waals surface area contributed by atoms with Crippen LogP contribution in [0.15, 0.2) is 47.7 Å². The van der Waals surface area contributed by atoms with Crippen LogP contribution in [-0.4, -0.2) is 53.9 Å². The Bertz CT molecular complexity index is 685. The fourth-order valence-corrected chi connectivity index (χ4v) is 3.30. The summed E-state index contributed by atoms with van der Waals surface area (Å²) in [5.41, 5.74) is 2.53. The maximum Gasteiger partial charge on any atom is 0.191 e. The van der Waals surface area contributed by atoms with E-state index in [1.165, 1.54) is 30.5 Å². The number of guanidine groups is 1. The second kappa shape index (κ2) is 10.5. The summed E-state index contributed by atoms with van der Waals surface area (Å²) >= 11 is 0. The van der Waals surface area contributed by atoms with Crippen LogP contribution in [0.5, 0.6) is 0 Å². The van der Waals surface area contributed by atoms with Gasteiger partial charge in [-0.15, -0.1) is 24.0 Å². The van der Waals surface area contributed by atoms with Gasteiger partial charge < -0.3 is 15.5 Å². The monoisotopic (exact) mass is 468 g/mol. The molecule has 3 rings (SSSR count). The summed E-state index contributed by atoms with van der Waals surface area (Å²) in [6.07, 6.45) is 6.35. The van der Waals surface area contributed by atoms with Crippen molar-refractivity contribution in [2.45, 2.75) is 32.0 Å². The molecular weight excluding hydrogens is 439 g/mol. The van der Waals surface area contributed by atoms with Crippen LogP contribution in [0.2, 0.25) is 0 Å². The van der Waals surface area contributed by atoms with Crippen molar-refractivity contribution in [3.05, 3.63) is 53.9 Å². The highest BCUT2D eigenvalue weighted by Crippen LogP contribution is 2.13. The molecule has 6 nitrogen and oxygen atoms in total. The van der Waals surface area contributed by atoms with Crippen LogP contribution in [0.1, 0.15) is 24.0 Å². The van der Waals surface area contributed by atoms with Gasteiger partial charge in [0.25, 0.3) is 0 Å². The number of hydrogen-bond acceptors (Lipinski definition) is 3. The summed E-state index contributed by atoms with van der Waals surface area (Å²) in [5, 5.41) is 11.2. The van der Waals surface area contributed by atoms with Crippen LogP contribution >= 0.6 is 24.0 Å². The molecule has 0 saturated carbocycles. The lowest BCUT2D eigenvalue weighted by atomic mass is 10.1. The van der Waals surface area contributed by atoms with Gasteiger partial charge in [-0.2, -0.15) is 5.10 Å². The third-order valence-corrected chi connectivity index (χ3v) is 4.86. The molecule has 142 valence electrons. The van der Waals surface area contributed by atoms with Gasteiger partial charge in [-0.1, -0.05) is 24.3 Å². The number of likely N-dealkylation sites (N-methyl/N-ethyl adjacent to an activating group) is 1. The molecule has 0 radical (unpaired) electrons. The molecule has 1 aliphatic rings. The first-order valence-electron chi connectivity index (χ1n) is 8.95. The van der Waals surface area contributed by atoms with Gasteiger partial charge in [0, 0.05) is 38.6 Å². The molecule has 1 saturated heterocycles. The van der Waals surface area contributed by atoms with Gasteiger partial charge in [0.1, 0.15) is 0 Å². The first-order valence-corrected chi connectivity index (χ1v) is 8.95. The van der Waals surface area contributed by atoms with E-state index >= 15 is 0 Å². The molecule has 1 aromatic heterocycles. The van der Waals surface area contributed by atoms with E-state index in [0.717, 1.165) is 25.6 Å². The fraction of sp³-hybridized carbons (Fsp3) is 0.474. The lowest BCUT2D eigenvalue weighted by Gasteiger charge is -2.21. The van der Waals surface area contributed by atoms with Crippen LogP contribution in [0.4, 0.5) is 0 Å². The van der Waals surface area contributed by atoms with Crippen molar-refractivity contribution in [3.63, 3.8) is 0 Å². The third-order valence-electron chi connectivity index (χ3n) is 4.86. The fourth-order valence-electron chi connectivity index (χ4n) is 3.30. The summed E-state index contributed by atoms with van der Waals surface area (Å²) in [6, 6.07) is 11.0. The van der Waals surface area contributed by atoms with Crippen LogP contribution in [0.3, 0.4) is 0 Å². The number of aromatic nitrogens is 2. The van der Waals surface area contributed by atoms with Crippen molar-refractivity contribution in [2.24, 2.45) is 4.99 Å². The molecule has 1 aliphatic heterocycles. The summed E-state index contributed by atoms with van der Waals surface area (Å²) in [4.78, 5) is 6.77. The van der Waals surface area contributed by atoms with Crippen molar-refractivity contribution in [1.82, 2.24) is 25.3 Å². The van der Waals surface area contributed by atoms with Gasteiger partial charge in [-0.3, -0.25) is 9.67 Å². The zero-order chi connectivity index (χ0) is 17.5. The molecule has 0 bridgehead atoms. The first kappa shape index (κ1) is 20.7. The molecule has 7 heteroatoms. The zero-order valence-electron chi connectivity index (χ0n) is 15.6. The van der Waals surface area contributed by atoms with Gasteiger partial charge in [-0.05, 0) is 43.6 Å². The number of benzene rings is 1.